The van der Waals surface area contributed by atoms with Crippen LogP contribution in [0, 0.1) is 0 Å². The third-order valence-corrected chi connectivity index (χ3v) is 2.46. The van der Waals surface area contributed by atoms with Gasteiger partial charge in [0.15, 0.2) is 0 Å². The molecule has 0 fully saturated rings. The molecular weight excluding hydrogens is 216 g/mol. The van der Waals surface area contributed by atoms with Crippen LogP contribution >= 0.6 is 0 Å². The number of hydrogen-bond acceptors (Lipinski definition) is 5. The molecule has 0 saturated heterocycles. The first-order chi connectivity index (χ1) is 8.21. The monoisotopic (exact) mass is 238 g/mol. The van der Waals surface area contributed by atoms with E-state index in [1.807, 2.05) is 13.8 Å². The number of nitrogens with zero attached hydrogens (tertiary/aromatic N) is 3. The van der Waals surface area contributed by atoms with Crippen LogP contribution in [-0.2, 0) is 17.6 Å². The highest BCUT2D eigenvalue weighted by Gasteiger charge is 2.08. The first-order valence-electron chi connectivity index (χ1n) is 6.27. The summed E-state index contributed by atoms with van der Waals surface area (Å²) in [7, 11) is 0. The molecule has 1 aromatic heterocycles. The van der Waals surface area contributed by atoms with Crippen LogP contribution in [0.2, 0.25) is 0 Å². The van der Waals surface area contributed by atoms with Gasteiger partial charge in [-0.1, -0.05) is 13.8 Å². The van der Waals surface area contributed by atoms with Gasteiger partial charge in [0.25, 0.3) is 0 Å². The Hall–Kier alpha value is -1.23. The second kappa shape index (κ2) is 7.17. The molecule has 5 heteroatoms. The highest BCUT2D eigenvalue weighted by Crippen LogP contribution is 2.07. The van der Waals surface area contributed by atoms with Crippen molar-refractivity contribution in [2.45, 2.75) is 46.6 Å². The molecule has 1 heterocycles. The van der Waals surface area contributed by atoms with Crippen LogP contribution in [0.4, 0.5) is 5.95 Å². The summed E-state index contributed by atoms with van der Waals surface area (Å²) in [6.45, 7) is 9.54. The highest BCUT2D eigenvalue weighted by atomic mass is 16.5. The third-order valence-electron chi connectivity index (χ3n) is 2.46. The van der Waals surface area contributed by atoms with Gasteiger partial charge >= 0.3 is 0 Å². The lowest BCUT2D eigenvalue weighted by Crippen LogP contribution is -2.23. The van der Waals surface area contributed by atoms with Gasteiger partial charge in [-0.15, -0.1) is 5.10 Å². The fraction of sp³-hybridized carbons (Fsp3) is 0.750. The van der Waals surface area contributed by atoms with E-state index in [4.69, 9.17) is 4.74 Å². The summed E-state index contributed by atoms with van der Waals surface area (Å²) in [6.07, 6.45) is 1.76. The third kappa shape index (κ3) is 4.26. The predicted octanol–water partition coefficient (Wildman–Crippen LogP) is 1.83. The molecule has 0 spiro atoms. The van der Waals surface area contributed by atoms with Crippen molar-refractivity contribution in [3.63, 3.8) is 0 Å². The molecule has 96 valence electrons. The quantitative estimate of drug-likeness (QED) is 0.785. The van der Waals surface area contributed by atoms with Gasteiger partial charge < -0.3 is 10.1 Å². The van der Waals surface area contributed by atoms with E-state index in [2.05, 4.69) is 34.3 Å². The van der Waals surface area contributed by atoms with Crippen molar-refractivity contribution < 1.29 is 4.74 Å². The molecule has 1 N–H and O–H groups in total. The number of nitrogens with one attached hydrogen (secondary N) is 1. The Bertz CT molecular complexity index is 343. The van der Waals surface area contributed by atoms with Gasteiger partial charge in [-0.05, 0) is 26.7 Å². The Kier molecular flexibility index (Phi) is 5.83. The molecule has 0 radical (unpaired) electrons. The standard InChI is InChI=1S/C12H22N4O/c1-5-10-11(6-2)15-16-12(14-10)13-9(4)8-17-7-3/h9H,5-8H2,1-4H3,(H,13,14,16). The molecule has 1 rings (SSSR count). The maximum Gasteiger partial charge on any atom is 0.243 e. The first-order valence-corrected chi connectivity index (χ1v) is 6.27. The molecule has 1 atom stereocenters. The van der Waals surface area contributed by atoms with Crippen LogP contribution in [0.25, 0.3) is 0 Å². The average Bonchev–Trinajstić information content (AvgIpc) is 2.36. The van der Waals surface area contributed by atoms with E-state index in [1.165, 1.54) is 0 Å². The number of ether oxygens (including phenoxy) is 1. The second-order valence-corrected chi connectivity index (χ2v) is 3.94. The molecule has 1 aromatic rings. The molecule has 0 bridgehead atoms. The Labute approximate surface area is 103 Å². The number of anilines is 1. The maximum absolute atomic E-state index is 5.33. The molecular formula is C12H22N4O. The molecule has 0 saturated carbocycles. The number of aromatic nitrogens is 3. The lowest BCUT2D eigenvalue weighted by atomic mass is 10.2. The van der Waals surface area contributed by atoms with Crippen molar-refractivity contribution in [2.24, 2.45) is 0 Å². The molecule has 0 aliphatic rings. The maximum atomic E-state index is 5.33. The SMILES string of the molecule is CCOCC(C)Nc1nnc(CC)c(CC)n1. The summed E-state index contributed by atoms with van der Waals surface area (Å²) in [5, 5.41) is 11.5. The van der Waals surface area contributed by atoms with Crippen molar-refractivity contribution in [3.8, 4) is 0 Å². The van der Waals surface area contributed by atoms with Crippen molar-refractivity contribution >= 4 is 5.95 Å². The first kappa shape index (κ1) is 13.8. The minimum Gasteiger partial charge on any atom is -0.380 e. The number of aryl methyl sites for hydroxylation is 2. The van der Waals surface area contributed by atoms with Crippen molar-refractivity contribution in [3.05, 3.63) is 11.4 Å². The fourth-order valence-electron chi connectivity index (χ4n) is 1.56. The largest absolute Gasteiger partial charge is 0.380 e. The van der Waals surface area contributed by atoms with Gasteiger partial charge in [0, 0.05) is 12.6 Å². The van der Waals surface area contributed by atoms with Crippen LogP contribution in [0.15, 0.2) is 0 Å². The molecule has 0 aromatic carbocycles. The molecule has 0 aliphatic carbocycles. The second-order valence-electron chi connectivity index (χ2n) is 3.94. The normalized spacial score (nSPS) is 12.5. The van der Waals surface area contributed by atoms with E-state index in [0.717, 1.165) is 30.8 Å². The summed E-state index contributed by atoms with van der Waals surface area (Å²) in [5.41, 5.74) is 2.00. The summed E-state index contributed by atoms with van der Waals surface area (Å²) >= 11 is 0. The van der Waals surface area contributed by atoms with E-state index in [0.29, 0.717) is 12.6 Å². The van der Waals surface area contributed by atoms with Crippen LogP contribution in [0.1, 0.15) is 39.1 Å². The van der Waals surface area contributed by atoms with Crippen molar-refractivity contribution in [1.29, 1.82) is 0 Å². The smallest absolute Gasteiger partial charge is 0.243 e. The van der Waals surface area contributed by atoms with Crippen molar-refractivity contribution in [1.82, 2.24) is 15.2 Å². The summed E-state index contributed by atoms with van der Waals surface area (Å²) < 4.78 is 5.33. The Morgan fingerprint density at radius 3 is 2.41 bits per heavy atom. The molecule has 0 aliphatic heterocycles. The Balaban J connectivity index is 2.65. The highest BCUT2D eigenvalue weighted by molar-refractivity contribution is 5.26. The van der Waals surface area contributed by atoms with E-state index < -0.39 is 0 Å². The minimum atomic E-state index is 0.189. The minimum absolute atomic E-state index is 0.189. The Morgan fingerprint density at radius 1 is 1.12 bits per heavy atom. The summed E-state index contributed by atoms with van der Waals surface area (Å²) in [6, 6.07) is 0.189. The van der Waals surface area contributed by atoms with Gasteiger partial charge in [0.05, 0.1) is 18.0 Å². The van der Waals surface area contributed by atoms with E-state index in [-0.39, 0.29) is 6.04 Å². The van der Waals surface area contributed by atoms with E-state index in [9.17, 15) is 0 Å². The number of rotatable bonds is 7. The molecule has 1 unspecified atom stereocenters. The predicted molar refractivity (Wildman–Crippen MR) is 68.2 cm³/mol. The Morgan fingerprint density at radius 2 is 1.82 bits per heavy atom. The van der Waals surface area contributed by atoms with Crippen LogP contribution < -0.4 is 5.32 Å². The van der Waals surface area contributed by atoms with Gasteiger partial charge in [-0.3, -0.25) is 0 Å². The van der Waals surface area contributed by atoms with Gasteiger partial charge in [0.1, 0.15) is 0 Å². The lowest BCUT2D eigenvalue weighted by molar-refractivity contribution is 0.141. The zero-order valence-corrected chi connectivity index (χ0v) is 11.2. The molecule has 0 amide bonds. The summed E-state index contributed by atoms with van der Waals surface area (Å²) in [4.78, 5) is 4.47. The average molecular weight is 238 g/mol. The fourth-order valence-corrected chi connectivity index (χ4v) is 1.56. The van der Waals surface area contributed by atoms with Gasteiger partial charge in [-0.25, -0.2) is 4.98 Å². The number of hydrogen-bond donors (Lipinski definition) is 1. The topological polar surface area (TPSA) is 59.9 Å². The van der Waals surface area contributed by atoms with E-state index >= 15 is 0 Å². The van der Waals surface area contributed by atoms with Crippen LogP contribution in [0.5, 0.6) is 0 Å². The lowest BCUT2D eigenvalue weighted by Gasteiger charge is -2.14. The van der Waals surface area contributed by atoms with E-state index in [1.54, 1.807) is 0 Å². The molecule has 5 nitrogen and oxygen atoms in total. The summed E-state index contributed by atoms with van der Waals surface area (Å²) in [5.74, 6) is 0.589. The van der Waals surface area contributed by atoms with Crippen molar-refractivity contribution in [2.75, 3.05) is 18.5 Å². The zero-order valence-electron chi connectivity index (χ0n) is 11.2. The van der Waals surface area contributed by atoms with Gasteiger partial charge in [0.2, 0.25) is 5.95 Å². The van der Waals surface area contributed by atoms with Crippen LogP contribution in [-0.4, -0.2) is 34.4 Å². The van der Waals surface area contributed by atoms with Gasteiger partial charge in [-0.2, -0.15) is 5.10 Å². The molecule has 17 heavy (non-hydrogen) atoms. The zero-order chi connectivity index (χ0) is 12.7. The van der Waals surface area contributed by atoms with Crippen LogP contribution in [0.3, 0.4) is 0 Å².